The first-order valence-electron chi connectivity index (χ1n) is 6.99. The van der Waals surface area contributed by atoms with Gasteiger partial charge in [-0.15, -0.1) is 0 Å². The predicted octanol–water partition coefficient (Wildman–Crippen LogP) is 2.77. The summed E-state index contributed by atoms with van der Waals surface area (Å²) in [5, 5.41) is 3.37. The Hall–Kier alpha value is -0.370. The van der Waals surface area contributed by atoms with E-state index in [4.69, 9.17) is 0 Å². The van der Waals surface area contributed by atoms with Crippen LogP contribution in [-0.4, -0.2) is 18.9 Å². The molecule has 0 aromatic rings. The molecule has 2 fully saturated rings. The van der Waals surface area contributed by atoms with Crippen LogP contribution in [0.2, 0.25) is 0 Å². The van der Waals surface area contributed by atoms with Gasteiger partial charge < -0.3 is 5.32 Å². The van der Waals surface area contributed by atoms with Crippen LogP contribution < -0.4 is 5.32 Å². The summed E-state index contributed by atoms with van der Waals surface area (Å²) < 4.78 is 0. The number of rotatable bonds is 4. The summed E-state index contributed by atoms with van der Waals surface area (Å²) in [5.41, 5.74) is 0. The fourth-order valence-electron chi connectivity index (χ4n) is 3.24. The minimum atomic E-state index is 0.401. The lowest BCUT2D eigenvalue weighted by Crippen LogP contribution is -2.22. The van der Waals surface area contributed by atoms with E-state index >= 15 is 0 Å². The van der Waals surface area contributed by atoms with E-state index in [0.717, 1.165) is 50.6 Å². The Kier molecular flexibility index (Phi) is 4.39. The van der Waals surface area contributed by atoms with Gasteiger partial charge in [0.1, 0.15) is 5.78 Å². The van der Waals surface area contributed by atoms with Gasteiger partial charge in [-0.05, 0) is 50.6 Å². The lowest BCUT2D eigenvalue weighted by atomic mass is 9.79. The number of carbonyl (C=O) groups excluding carboxylic acids is 1. The van der Waals surface area contributed by atoms with Gasteiger partial charge >= 0.3 is 0 Å². The van der Waals surface area contributed by atoms with Gasteiger partial charge in [0.05, 0.1) is 0 Å². The van der Waals surface area contributed by atoms with Gasteiger partial charge in [0.2, 0.25) is 0 Å². The highest BCUT2D eigenvalue weighted by molar-refractivity contribution is 5.81. The minimum Gasteiger partial charge on any atom is -0.316 e. The summed E-state index contributed by atoms with van der Waals surface area (Å²) in [5.74, 6) is 2.50. The molecule has 2 rings (SSSR count). The van der Waals surface area contributed by atoms with Gasteiger partial charge in [-0.2, -0.15) is 0 Å². The maximum absolute atomic E-state index is 12.1. The van der Waals surface area contributed by atoms with E-state index in [0.29, 0.717) is 11.7 Å². The molecular formula is C14H25NO. The number of ketones is 1. The average Bonchev–Trinajstić information content (AvgIpc) is 2.78. The Bertz CT molecular complexity index is 233. The molecule has 1 aliphatic carbocycles. The topological polar surface area (TPSA) is 29.1 Å². The fraction of sp³-hybridized carbons (Fsp3) is 0.929. The summed E-state index contributed by atoms with van der Waals surface area (Å²) in [6, 6.07) is 0. The number of Topliss-reactive ketones (excluding diaryl/α,β-unsaturated/α-hetero) is 1. The molecule has 0 bridgehead atoms. The Labute approximate surface area is 99.2 Å². The van der Waals surface area contributed by atoms with Gasteiger partial charge in [0.25, 0.3) is 0 Å². The van der Waals surface area contributed by atoms with Gasteiger partial charge in [0.15, 0.2) is 0 Å². The Morgan fingerprint density at radius 2 is 2.19 bits per heavy atom. The molecule has 3 unspecified atom stereocenters. The van der Waals surface area contributed by atoms with Gasteiger partial charge in [-0.25, -0.2) is 0 Å². The largest absolute Gasteiger partial charge is 0.316 e. The molecule has 2 aliphatic rings. The molecule has 0 spiro atoms. The van der Waals surface area contributed by atoms with Crippen molar-refractivity contribution >= 4 is 5.78 Å². The van der Waals surface area contributed by atoms with Crippen LogP contribution in [0.3, 0.4) is 0 Å². The SMILES string of the molecule is CC1CCCC(C(=O)CCC2CCNC2)C1. The van der Waals surface area contributed by atoms with Gasteiger partial charge in [0, 0.05) is 12.3 Å². The summed E-state index contributed by atoms with van der Waals surface area (Å²) >= 11 is 0. The Morgan fingerprint density at radius 3 is 2.88 bits per heavy atom. The molecule has 92 valence electrons. The van der Waals surface area contributed by atoms with Crippen LogP contribution in [0.25, 0.3) is 0 Å². The van der Waals surface area contributed by atoms with Crippen molar-refractivity contribution in [2.75, 3.05) is 13.1 Å². The zero-order valence-electron chi connectivity index (χ0n) is 10.5. The van der Waals surface area contributed by atoms with Gasteiger partial charge in [-0.1, -0.05) is 19.8 Å². The monoisotopic (exact) mass is 223 g/mol. The summed E-state index contributed by atoms with van der Waals surface area (Å²) in [6.45, 7) is 4.58. The normalized spacial score (nSPS) is 35.2. The molecule has 1 aliphatic heterocycles. The molecule has 1 saturated carbocycles. The first kappa shape index (κ1) is 12.1. The van der Waals surface area contributed by atoms with Crippen LogP contribution >= 0.6 is 0 Å². The average molecular weight is 223 g/mol. The van der Waals surface area contributed by atoms with E-state index in [1.54, 1.807) is 0 Å². The number of nitrogens with one attached hydrogen (secondary N) is 1. The van der Waals surface area contributed by atoms with Crippen LogP contribution in [0.5, 0.6) is 0 Å². The lowest BCUT2D eigenvalue weighted by Gasteiger charge is -2.25. The van der Waals surface area contributed by atoms with E-state index < -0.39 is 0 Å². The van der Waals surface area contributed by atoms with Crippen LogP contribution in [0.1, 0.15) is 51.9 Å². The fourth-order valence-corrected chi connectivity index (χ4v) is 3.24. The van der Waals surface area contributed by atoms with Crippen molar-refractivity contribution in [3.05, 3.63) is 0 Å². The summed E-state index contributed by atoms with van der Waals surface area (Å²) in [4.78, 5) is 12.1. The predicted molar refractivity (Wildman–Crippen MR) is 66.3 cm³/mol. The third-order valence-electron chi connectivity index (χ3n) is 4.35. The van der Waals surface area contributed by atoms with Crippen LogP contribution in [0, 0.1) is 17.8 Å². The molecule has 16 heavy (non-hydrogen) atoms. The number of hydrogen-bond acceptors (Lipinski definition) is 2. The Balaban J connectivity index is 1.70. The standard InChI is InChI=1S/C14H25NO/c1-11-3-2-4-13(9-11)14(16)6-5-12-7-8-15-10-12/h11-13,15H,2-10H2,1H3. The molecule has 3 atom stereocenters. The smallest absolute Gasteiger partial charge is 0.135 e. The first-order valence-corrected chi connectivity index (χ1v) is 6.99. The second kappa shape index (κ2) is 5.81. The minimum absolute atomic E-state index is 0.401. The second-order valence-corrected chi connectivity index (χ2v) is 5.83. The third-order valence-corrected chi connectivity index (χ3v) is 4.35. The second-order valence-electron chi connectivity index (χ2n) is 5.83. The van der Waals surface area contributed by atoms with E-state index in [9.17, 15) is 4.79 Å². The van der Waals surface area contributed by atoms with E-state index in [1.165, 1.54) is 19.3 Å². The molecule has 0 radical (unpaired) electrons. The maximum atomic E-state index is 12.1. The molecule has 2 heteroatoms. The highest BCUT2D eigenvalue weighted by Gasteiger charge is 2.25. The molecule has 0 aromatic carbocycles. The van der Waals surface area contributed by atoms with E-state index in [-0.39, 0.29) is 0 Å². The molecule has 0 amide bonds. The van der Waals surface area contributed by atoms with Crippen molar-refractivity contribution in [1.82, 2.24) is 5.32 Å². The van der Waals surface area contributed by atoms with Crippen LogP contribution in [0.15, 0.2) is 0 Å². The molecule has 1 saturated heterocycles. The number of carbonyl (C=O) groups is 1. The van der Waals surface area contributed by atoms with Crippen molar-refractivity contribution in [3.8, 4) is 0 Å². The summed E-state index contributed by atoms with van der Waals surface area (Å²) in [7, 11) is 0. The van der Waals surface area contributed by atoms with Crippen LogP contribution in [0.4, 0.5) is 0 Å². The molecule has 2 nitrogen and oxygen atoms in total. The zero-order chi connectivity index (χ0) is 11.4. The van der Waals surface area contributed by atoms with Crippen molar-refractivity contribution in [2.24, 2.45) is 17.8 Å². The molecule has 1 heterocycles. The van der Waals surface area contributed by atoms with Crippen molar-refractivity contribution in [2.45, 2.75) is 51.9 Å². The van der Waals surface area contributed by atoms with Crippen LogP contribution in [-0.2, 0) is 4.79 Å². The third kappa shape index (κ3) is 3.31. The van der Waals surface area contributed by atoms with Crippen molar-refractivity contribution < 1.29 is 4.79 Å². The van der Waals surface area contributed by atoms with E-state index in [2.05, 4.69) is 12.2 Å². The zero-order valence-corrected chi connectivity index (χ0v) is 10.5. The van der Waals surface area contributed by atoms with Gasteiger partial charge in [-0.3, -0.25) is 4.79 Å². The Morgan fingerprint density at radius 1 is 1.31 bits per heavy atom. The maximum Gasteiger partial charge on any atom is 0.135 e. The molecular weight excluding hydrogens is 198 g/mol. The van der Waals surface area contributed by atoms with Crippen molar-refractivity contribution in [1.29, 1.82) is 0 Å². The van der Waals surface area contributed by atoms with E-state index in [1.807, 2.05) is 0 Å². The number of hydrogen-bond donors (Lipinski definition) is 1. The highest BCUT2D eigenvalue weighted by atomic mass is 16.1. The molecule has 0 aromatic heterocycles. The quantitative estimate of drug-likeness (QED) is 0.794. The lowest BCUT2D eigenvalue weighted by molar-refractivity contribution is -0.124. The first-order chi connectivity index (χ1) is 7.75. The van der Waals surface area contributed by atoms with Crippen molar-refractivity contribution in [3.63, 3.8) is 0 Å². The highest BCUT2D eigenvalue weighted by Crippen LogP contribution is 2.30. The molecule has 1 N–H and O–H groups in total. The summed E-state index contributed by atoms with van der Waals surface area (Å²) in [6.07, 6.45) is 8.14.